The van der Waals surface area contributed by atoms with Gasteiger partial charge >= 0.3 is 0 Å². The summed E-state index contributed by atoms with van der Waals surface area (Å²) < 4.78 is 0. The van der Waals surface area contributed by atoms with Crippen molar-refractivity contribution < 1.29 is 0 Å². The van der Waals surface area contributed by atoms with Crippen molar-refractivity contribution in [1.82, 2.24) is 0 Å². The molecular weight excluding hydrogens is 192 g/mol. The standard InChI is InChI=1S/C16H22/c1-7-13(3)9-11-15(5)16(6)12-10-14(4)8-2/h7-12H,1,6H2,2-5H3/b12-10-,13-9-,14-8-,15-11+. The predicted octanol–water partition coefficient (Wildman–Crippen LogP) is 5.14. The van der Waals surface area contributed by atoms with Gasteiger partial charge in [0, 0.05) is 0 Å². The van der Waals surface area contributed by atoms with Gasteiger partial charge in [0.15, 0.2) is 0 Å². The molecule has 0 heterocycles. The molecule has 0 aromatic rings. The van der Waals surface area contributed by atoms with Gasteiger partial charge in [-0.25, -0.2) is 0 Å². The van der Waals surface area contributed by atoms with E-state index in [2.05, 4.69) is 45.2 Å². The maximum absolute atomic E-state index is 4.03. The Morgan fingerprint density at radius 2 is 1.56 bits per heavy atom. The molecule has 0 nitrogen and oxygen atoms in total. The van der Waals surface area contributed by atoms with Crippen molar-refractivity contribution >= 4 is 0 Å². The molecule has 0 aliphatic rings. The summed E-state index contributed by atoms with van der Waals surface area (Å²) in [6, 6.07) is 0. The molecule has 0 aromatic heterocycles. The first-order valence-electron chi connectivity index (χ1n) is 5.49. The molecule has 0 saturated carbocycles. The minimum Gasteiger partial charge on any atom is -0.0988 e. The van der Waals surface area contributed by atoms with Gasteiger partial charge in [0.25, 0.3) is 0 Å². The lowest BCUT2D eigenvalue weighted by Crippen LogP contribution is -1.79. The number of rotatable bonds is 5. The monoisotopic (exact) mass is 214 g/mol. The molecule has 86 valence electrons. The number of allylic oxidation sites excluding steroid dienone is 10. The number of hydrogen-bond acceptors (Lipinski definition) is 0. The summed E-state index contributed by atoms with van der Waals surface area (Å²) in [5.74, 6) is 0. The Kier molecular flexibility index (Phi) is 6.95. The van der Waals surface area contributed by atoms with Gasteiger partial charge in [0.2, 0.25) is 0 Å². The van der Waals surface area contributed by atoms with Gasteiger partial charge in [0.1, 0.15) is 0 Å². The Morgan fingerprint density at radius 3 is 2.06 bits per heavy atom. The maximum atomic E-state index is 4.03. The van der Waals surface area contributed by atoms with Crippen LogP contribution >= 0.6 is 0 Å². The van der Waals surface area contributed by atoms with E-state index < -0.39 is 0 Å². The first kappa shape index (κ1) is 14.4. The molecule has 0 heteroatoms. The third kappa shape index (κ3) is 6.02. The summed E-state index contributed by atoms with van der Waals surface area (Å²) in [6.45, 7) is 15.9. The largest absolute Gasteiger partial charge is 0.0988 e. The smallest absolute Gasteiger partial charge is 0.0299 e. The fraction of sp³-hybridized carbons (Fsp3) is 0.250. The van der Waals surface area contributed by atoms with E-state index in [9.17, 15) is 0 Å². The fourth-order valence-electron chi connectivity index (χ4n) is 0.891. The topological polar surface area (TPSA) is 0 Å². The highest BCUT2D eigenvalue weighted by atomic mass is 14.0. The van der Waals surface area contributed by atoms with Crippen LogP contribution in [0.4, 0.5) is 0 Å². The van der Waals surface area contributed by atoms with Gasteiger partial charge in [-0.3, -0.25) is 0 Å². The van der Waals surface area contributed by atoms with Crippen molar-refractivity contribution in [3.63, 3.8) is 0 Å². The van der Waals surface area contributed by atoms with Gasteiger partial charge in [0.05, 0.1) is 0 Å². The van der Waals surface area contributed by atoms with Crippen molar-refractivity contribution in [3.05, 3.63) is 71.9 Å². The van der Waals surface area contributed by atoms with Crippen LogP contribution in [0.25, 0.3) is 0 Å². The highest BCUT2D eigenvalue weighted by Gasteiger charge is 1.90. The van der Waals surface area contributed by atoms with Crippen LogP contribution in [-0.2, 0) is 0 Å². The van der Waals surface area contributed by atoms with Crippen molar-refractivity contribution in [2.45, 2.75) is 27.7 Å². The van der Waals surface area contributed by atoms with Crippen molar-refractivity contribution in [3.8, 4) is 0 Å². The summed E-state index contributed by atoms with van der Waals surface area (Å²) in [7, 11) is 0. The molecule has 0 N–H and O–H groups in total. The van der Waals surface area contributed by atoms with E-state index in [-0.39, 0.29) is 0 Å². The summed E-state index contributed by atoms with van der Waals surface area (Å²) >= 11 is 0. The maximum Gasteiger partial charge on any atom is -0.0299 e. The molecule has 0 aliphatic carbocycles. The average Bonchev–Trinajstić information content (AvgIpc) is 2.31. The minimum absolute atomic E-state index is 1.04. The molecule has 0 rings (SSSR count). The van der Waals surface area contributed by atoms with Crippen LogP contribution in [0.2, 0.25) is 0 Å². The first-order valence-corrected chi connectivity index (χ1v) is 5.49. The predicted molar refractivity (Wildman–Crippen MR) is 75.4 cm³/mol. The lowest BCUT2D eigenvalue weighted by molar-refractivity contribution is 1.41. The second-order valence-electron chi connectivity index (χ2n) is 3.86. The average molecular weight is 214 g/mol. The minimum atomic E-state index is 1.04. The first-order chi connectivity index (χ1) is 7.51. The molecular formula is C16H22. The quantitative estimate of drug-likeness (QED) is 0.556. The summed E-state index contributed by atoms with van der Waals surface area (Å²) in [6.07, 6.45) is 12.1. The van der Waals surface area contributed by atoms with Crippen LogP contribution in [0, 0.1) is 0 Å². The highest BCUT2D eigenvalue weighted by molar-refractivity contribution is 5.40. The zero-order valence-corrected chi connectivity index (χ0v) is 10.9. The SMILES string of the molecule is C=C/C(C)=C\C=C(/C)C(=C)/C=C\C(C)=C/C. The summed E-state index contributed by atoms with van der Waals surface area (Å²) in [5, 5.41) is 0. The Balaban J connectivity index is 4.63. The molecule has 0 spiro atoms. The van der Waals surface area contributed by atoms with E-state index in [4.69, 9.17) is 0 Å². The third-order valence-corrected chi connectivity index (χ3v) is 2.43. The van der Waals surface area contributed by atoms with Gasteiger partial charge in [-0.05, 0) is 38.8 Å². The Bertz CT molecular complexity index is 371. The molecule has 0 aromatic carbocycles. The Labute approximate surface area is 100 Å². The van der Waals surface area contributed by atoms with Crippen LogP contribution in [0.5, 0.6) is 0 Å². The van der Waals surface area contributed by atoms with Crippen LogP contribution in [0.15, 0.2) is 71.9 Å². The normalized spacial score (nSPS) is 14.4. The van der Waals surface area contributed by atoms with Gasteiger partial charge < -0.3 is 0 Å². The van der Waals surface area contributed by atoms with Crippen LogP contribution in [-0.4, -0.2) is 0 Å². The third-order valence-electron chi connectivity index (χ3n) is 2.43. The fourth-order valence-corrected chi connectivity index (χ4v) is 0.891. The molecule has 0 radical (unpaired) electrons. The Hall–Kier alpha value is -1.56. The van der Waals surface area contributed by atoms with Crippen LogP contribution in [0.1, 0.15) is 27.7 Å². The molecule has 16 heavy (non-hydrogen) atoms. The van der Waals surface area contributed by atoms with Crippen LogP contribution in [0.3, 0.4) is 0 Å². The molecule has 0 atom stereocenters. The lowest BCUT2D eigenvalue weighted by atomic mass is 10.1. The van der Waals surface area contributed by atoms with Gasteiger partial charge in [-0.1, -0.05) is 60.8 Å². The second-order valence-corrected chi connectivity index (χ2v) is 3.86. The van der Waals surface area contributed by atoms with Crippen molar-refractivity contribution in [2.24, 2.45) is 0 Å². The zero-order chi connectivity index (χ0) is 12.6. The molecule has 0 unspecified atom stereocenters. The zero-order valence-electron chi connectivity index (χ0n) is 10.9. The van der Waals surface area contributed by atoms with E-state index >= 15 is 0 Å². The Morgan fingerprint density at radius 1 is 0.938 bits per heavy atom. The summed E-state index contributed by atoms with van der Waals surface area (Å²) in [5.41, 5.74) is 4.60. The van der Waals surface area contributed by atoms with Gasteiger partial charge in [-0.15, -0.1) is 0 Å². The van der Waals surface area contributed by atoms with Crippen molar-refractivity contribution in [1.29, 1.82) is 0 Å². The lowest BCUT2D eigenvalue weighted by Gasteiger charge is -1.99. The van der Waals surface area contributed by atoms with Gasteiger partial charge in [-0.2, -0.15) is 0 Å². The van der Waals surface area contributed by atoms with E-state index in [1.165, 1.54) is 11.1 Å². The second kappa shape index (κ2) is 7.70. The van der Waals surface area contributed by atoms with E-state index in [0.717, 1.165) is 11.1 Å². The molecule has 0 aliphatic heterocycles. The van der Waals surface area contributed by atoms with E-state index in [1.54, 1.807) is 0 Å². The highest BCUT2D eigenvalue weighted by Crippen LogP contribution is 2.10. The van der Waals surface area contributed by atoms with Crippen molar-refractivity contribution in [2.75, 3.05) is 0 Å². The number of hydrogen-bond donors (Lipinski definition) is 0. The molecule has 0 fully saturated rings. The molecule has 0 bridgehead atoms. The van der Waals surface area contributed by atoms with Crippen LogP contribution < -0.4 is 0 Å². The summed E-state index contributed by atoms with van der Waals surface area (Å²) in [4.78, 5) is 0. The van der Waals surface area contributed by atoms with E-state index in [1.807, 2.05) is 32.1 Å². The molecule has 0 amide bonds. The molecule has 0 saturated heterocycles. The van der Waals surface area contributed by atoms with E-state index in [0.29, 0.717) is 0 Å².